The normalized spacial score (nSPS) is 31.4. The molecule has 0 radical (unpaired) electrons. The van der Waals surface area contributed by atoms with E-state index >= 15 is 0 Å². The number of amides is 2. The van der Waals surface area contributed by atoms with Crippen molar-refractivity contribution in [2.75, 3.05) is 52.6 Å². The predicted molar refractivity (Wildman–Crippen MR) is 86.0 cm³/mol. The maximum atomic E-state index is 12.4. The zero-order chi connectivity index (χ0) is 17.2. The maximum Gasteiger partial charge on any atom is 0.222 e. The van der Waals surface area contributed by atoms with Crippen LogP contribution >= 0.6 is 0 Å². The van der Waals surface area contributed by atoms with E-state index in [-0.39, 0.29) is 36.2 Å². The fourth-order valence-corrected chi connectivity index (χ4v) is 2.94. The van der Waals surface area contributed by atoms with Crippen LogP contribution in [0.5, 0.6) is 0 Å². The Morgan fingerprint density at radius 2 is 0.920 bits per heavy atom. The minimum absolute atomic E-state index is 0.0846. The van der Waals surface area contributed by atoms with Gasteiger partial charge >= 0.3 is 0 Å². The SMILES string of the molecule is O=C(CCCC(=O)N(CC1CO1)CC1CO1)N(CC1CO1)CC1CO1. The van der Waals surface area contributed by atoms with Crippen molar-refractivity contribution in [1.29, 1.82) is 0 Å². The zero-order valence-electron chi connectivity index (χ0n) is 14.4. The lowest BCUT2D eigenvalue weighted by molar-refractivity contribution is -0.133. The molecule has 0 spiro atoms. The van der Waals surface area contributed by atoms with E-state index in [4.69, 9.17) is 18.9 Å². The molecule has 4 unspecified atom stereocenters. The molecule has 4 saturated heterocycles. The monoisotopic (exact) mass is 354 g/mol. The molecule has 2 amide bonds. The second-order valence-corrected chi connectivity index (χ2v) is 7.27. The van der Waals surface area contributed by atoms with Gasteiger partial charge in [-0.25, -0.2) is 0 Å². The molecule has 4 fully saturated rings. The Bertz CT molecular complexity index is 427. The van der Waals surface area contributed by atoms with E-state index < -0.39 is 0 Å². The predicted octanol–water partition coefficient (Wildman–Crippen LogP) is -0.591. The van der Waals surface area contributed by atoms with Crippen molar-refractivity contribution in [3.05, 3.63) is 0 Å². The summed E-state index contributed by atoms with van der Waals surface area (Å²) in [5.41, 5.74) is 0. The van der Waals surface area contributed by atoms with Gasteiger partial charge < -0.3 is 28.7 Å². The van der Waals surface area contributed by atoms with Gasteiger partial charge in [-0.15, -0.1) is 0 Å². The van der Waals surface area contributed by atoms with Crippen molar-refractivity contribution in [1.82, 2.24) is 9.80 Å². The molecular weight excluding hydrogens is 328 g/mol. The van der Waals surface area contributed by atoms with Crippen LogP contribution in [-0.2, 0) is 28.5 Å². The molecule has 8 nitrogen and oxygen atoms in total. The van der Waals surface area contributed by atoms with Gasteiger partial charge in [0.1, 0.15) is 0 Å². The third-order valence-corrected chi connectivity index (χ3v) is 4.79. The van der Waals surface area contributed by atoms with Gasteiger partial charge in [-0.3, -0.25) is 9.59 Å². The van der Waals surface area contributed by atoms with Crippen molar-refractivity contribution >= 4 is 11.8 Å². The Labute approximate surface area is 147 Å². The van der Waals surface area contributed by atoms with Crippen LogP contribution in [-0.4, -0.2) is 98.6 Å². The highest BCUT2D eigenvalue weighted by Gasteiger charge is 2.34. The lowest BCUT2D eigenvalue weighted by Crippen LogP contribution is -2.38. The van der Waals surface area contributed by atoms with E-state index in [0.29, 0.717) is 45.4 Å². The lowest BCUT2D eigenvalue weighted by Gasteiger charge is -2.22. The molecule has 0 aromatic heterocycles. The van der Waals surface area contributed by atoms with Crippen LogP contribution in [0.25, 0.3) is 0 Å². The molecule has 0 saturated carbocycles. The molecule has 4 rings (SSSR count). The van der Waals surface area contributed by atoms with E-state index in [2.05, 4.69) is 0 Å². The van der Waals surface area contributed by atoms with Gasteiger partial charge in [0, 0.05) is 39.0 Å². The minimum Gasteiger partial charge on any atom is -0.371 e. The van der Waals surface area contributed by atoms with Gasteiger partial charge in [-0.2, -0.15) is 0 Å². The van der Waals surface area contributed by atoms with Crippen molar-refractivity contribution in [3.8, 4) is 0 Å². The number of nitrogens with zero attached hydrogens (tertiary/aromatic N) is 2. The molecule has 0 aliphatic carbocycles. The Morgan fingerprint density at radius 3 is 1.16 bits per heavy atom. The lowest BCUT2D eigenvalue weighted by atomic mass is 10.2. The standard InChI is InChI=1S/C17H26N2O6/c20-16(18(4-12-8-22-12)5-13-9-23-13)2-1-3-17(21)19(6-14-10-24-14)7-15-11-25-15/h12-15H,1-11H2. The number of hydrogen-bond acceptors (Lipinski definition) is 6. The van der Waals surface area contributed by atoms with E-state index in [1.807, 2.05) is 9.80 Å². The summed E-state index contributed by atoms with van der Waals surface area (Å²) in [6.07, 6.45) is 2.05. The molecule has 4 atom stereocenters. The molecular formula is C17H26N2O6. The largest absolute Gasteiger partial charge is 0.371 e. The molecule has 0 bridgehead atoms. The molecule has 0 aromatic carbocycles. The first kappa shape index (κ1) is 17.2. The maximum absolute atomic E-state index is 12.4. The summed E-state index contributed by atoms with van der Waals surface area (Å²) in [5.74, 6) is 0.169. The van der Waals surface area contributed by atoms with Gasteiger partial charge in [0.15, 0.2) is 0 Å². The third-order valence-electron chi connectivity index (χ3n) is 4.79. The van der Waals surface area contributed by atoms with Crippen molar-refractivity contribution in [2.45, 2.75) is 43.7 Å². The molecule has 8 heteroatoms. The fraction of sp³-hybridized carbons (Fsp3) is 0.882. The number of epoxide rings is 4. The number of hydrogen-bond donors (Lipinski definition) is 0. The van der Waals surface area contributed by atoms with E-state index in [1.54, 1.807) is 0 Å². The van der Waals surface area contributed by atoms with Crippen LogP contribution in [0.4, 0.5) is 0 Å². The highest BCUT2D eigenvalue weighted by atomic mass is 16.6. The first-order valence-electron chi connectivity index (χ1n) is 9.19. The summed E-state index contributed by atoms with van der Waals surface area (Å²) in [6.45, 7) is 5.47. The first-order chi connectivity index (χ1) is 12.2. The minimum atomic E-state index is 0.0846. The van der Waals surface area contributed by atoms with E-state index in [9.17, 15) is 9.59 Å². The van der Waals surface area contributed by atoms with Gasteiger partial charge in [0.05, 0.1) is 50.8 Å². The van der Waals surface area contributed by atoms with Gasteiger partial charge in [0.25, 0.3) is 0 Å². The van der Waals surface area contributed by atoms with E-state index in [0.717, 1.165) is 26.4 Å². The first-order valence-corrected chi connectivity index (χ1v) is 9.19. The van der Waals surface area contributed by atoms with Crippen LogP contribution in [0.3, 0.4) is 0 Å². The van der Waals surface area contributed by atoms with Crippen LogP contribution in [0, 0.1) is 0 Å². The molecule has 0 N–H and O–H groups in total. The molecule has 4 aliphatic heterocycles. The summed E-state index contributed by atoms with van der Waals surface area (Å²) in [5, 5.41) is 0. The highest BCUT2D eigenvalue weighted by Crippen LogP contribution is 2.19. The summed E-state index contributed by atoms with van der Waals surface area (Å²) < 4.78 is 20.9. The smallest absolute Gasteiger partial charge is 0.222 e. The van der Waals surface area contributed by atoms with Crippen molar-refractivity contribution < 1.29 is 28.5 Å². The highest BCUT2D eigenvalue weighted by molar-refractivity contribution is 5.79. The summed E-state index contributed by atoms with van der Waals surface area (Å²) >= 11 is 0. The topological polar surface area (TPSA) is 90.7 Å². The van der Waals surface area contributed by atoms with Crippen LogP contribution in [0.2, 0.25) is 0 Å². The summed E-state index contributed by atoms with van der Waals surface area (Å²) in [7, 11) is 0. The van der Waals surface area contributed by atoms with Crippen molar-refractivity contribution in [2.24, 2.45) is 0 Å². The summed E-state index contributed by atoms with van der Waals surface area (Å²) in [4.78, 5) is 28.5. The number of carbonyl (C=O) groups excluding carboxylic acids is 2. The zero-order valence-corrected chi connectivity index (χ0v) is 14.4. The Morgan fingerprint density at radius 1 is 0.640 bits per heavy atom. The number of carbonyl (C=O) groups is 2. The fourth-order valence-electron chi connectivity index (χ4n) is 2.94. The number of ether oxygens (including phenoxy) is 4. The second kappa shape index (κ2) is 7.57. The quantitative estimate of drug-likeness (QED) is 0.435. The van der Waals surface area contributed by atoms with Crippen LogP contribution in [0.1, 0.15) is 19.3 Å². The van der Waals surface area contributed by atoms with E-state index in [1.165, 1.54) is 0 Å². The molecule has 140 valence electrons. The Balaban J connectivity index is 1.19. The molecule has 4 aliphatic rings. The number of rotatable bonds is 12. The van der Waals surface area contributed by atoms with Gasteiger partial charge in [-0.05, 0) is 6.42 Å². The average Bonchev–Trinajstić information content (AvgIpc) is 3.45. The molecule has 0 aromatic rings. The Hall–Kier alpha value is -1.22. The summed E-state index contributed by atoms with van der Waals surface area (Å²) in [6, 6.07) is 0. The second-order valence-electron chi connectivity index (χ2n) is 7.27. The van der Waals surface area contributed by atoms with Crippen molar-refractivity contribution in [3.63, 3.8) is 0 Å². The third kappa shape index (κ3) is 5.91. The molecule has 4 heterocycles. The van der Waals surface area contributed by atoms with Gasteiger partial charge in [0.2, 0.25) is 11.8 Å². The molecule has 25 heavy (non-hydrogen) atoms. The Kier molecular flexibility index (Phi) is 5.21. The average molecular weight is 354 g/mol. The van der Waals surface area contributed by atoms with Crippen LogP contribution < -0.4 is 0 Å². The van der Waals surface area contributed by atoms with Crippen LogP contribution in [0.15, 0.2) is 0 Å². The van der Waals surface area contributed by atoms with Gasteiger partial charge in [-0.1, -0.05) is 0 Å².